The Morgan fingerprint density at radius 3 is 1.88 bits per heavy atom. The summed E-state index contributed by atoms with van der Waals surface area (Å²) < 4.78 is 0. The van der Waals surface area contributed by atoms with Gasteiger partial charge in [0.1, 0.15) is 6.79 Å². The molecule has 1 nitrogen and oxygen atoms in total. The molecule has 92 valence electrons. The van der Waals surface area contributed by atoms with Crippen LogP contribution in [0.4, 0.5) is 0 Å². The Morgan fingerprint density at radius 1 is 0.941 bits per heavy atom. The van der Waals surface area contributed by atoms with Crippen molar-refractivity contribution in [1.82, 2.24) is 0 Å². The number of carbonyl (C=O) groups is 1. The Morgan fingerprint density at radius 2 is 1.53 bits per heavy atom. The molecule has 0 saturated heterocycles. The van der Waals surface area contributed by atoms with Gasteiger partial charge in [0.25, 0.3) is 0 Å². The largest absolute Gasteiger partial charge is 0.307 e. The van der Waals surface area contributed by atoms with Crippen molar-refractivity contribution in [3.8, 4) is 0 Å². The van der Waals surface area contributed by atoms with Gasteiger partial charge in [-0.05, 0) is 31.9 Å². The van der Waals surface area contributed by atoms with Crippen molar-refractivity contribution in [3.63, 3.8) is 0 Å². The van der Waals surface area contributed by atoms with Gasteiger partial charge in [-0.1, -0.05) is 61.3 Å². The predicted octanol–water partition coefficient (Wildman–Crippen LogP) is 4.57. The van der Waals surface area contributed by atoms with Crippen molar-refractivity contribution in [2.24, 2.45) is 0 Å². The van der Waals surface area contributed by atoms with Crippen molar-refractivity contribution in [2.75, 3.05) is 0 Å². The van der Waals surface area contributed by atoms with E-state index >= 15 is 0 Å². The number of allylic oxidation sites excluding steroid dienone is 10. The van der Waals surface area contributed by atoms with Gasteiger partial charge in [0.15, 0.2) is 0 Å². The second-order valence-electron chi connectivity index (χ2n) is 3.43. The number of hydrogen-bond acceptors (Lipinski definition) is 1. The van der Waals surface area contributed by atoms with Gasteiger partial charge in [0.05, 0.1) is 0 Å². The van der Waals surface area contributed by atoms with Gasteiger partial charge in [0.2, 0.25) is 0 Å². The maximum absolute atomic E-state index is 8.00. The zero-order valence-corrected chi connectivity index (χ0v) is 11.1. The van der Waals surface area contributed by atoms with Crippen molar-refractivity contribution in [1.29, 1.82) is 0 Å². The van der Waals surface area contributed by atoms with E-state index in [-0.39, 0.29) is 0 Å². The summed E-state index contributed by atoms with van der Waals surface area (Å²) in [6.45, 7) is 15.7. The summed E-state index contributed by atoms with van der Waals surface area (Å²) in [5.41, 5.74) is 3.50. The molecule has 0 aromatic heterocycles. The molecule has 0 aromatic rings. The molecule has 0 bridgehead atoms. The third-order valence-electron chi connectivity index (χ3n) is 1.79. The fourth-order valence-corrected chi connectivity index (χ4v) is 1.09. The molecule has 0 spiro atoms. The smallest absolute Gasteiger partial charge is 0.106 e. The van der Waals surface area contributed by atoms with Crippen molar-refractivity contribution < 1.29 is 4.79 Å². The Labute approximate surface area is 105 Å². The summed E-state index contributed by atoms with van der Waals surface area (Å²) in [6, 6.07) is 0. The summed E-state index contributed by atoms with van der Waals surface area (Å²) in [7, 11) is 0. The minimum atomic E-state index is 1.11. The van der Waals surface area contributed by atoms with Crippen molar-refractivity contribution in [3.05, 3.63) is 72.4 Å². The van der Waals surface area contributed by atoms with Crippen LogP contribution in [0.3, 0.4) is 0 Å². The van der Waals surface area contributed by atoms with Crippen molar-refractivity contribution in [2.45, 2.75) is 20.8 Å². The van der Waals surface area contributed by atoms with E-state index in [0.717, 1.165) is 11.1 Å². The number of rotatable bonds is 5. The van der Waals surface area contributed by atoms with Crippen LogP contribution in [0.5, 0.6) is 0 Å². The molecule has 0 radical (unpaired) electrons. The second-order valence-corrected chi connectivity index (χ2v) is 3.43. The average Bonchev–Trinajstić information content (AvgIpc) is 2.32. The maximum Gasteiger partial charge on any atom is 0.106 e. The third kappa shape index (κ3) is 9.06. The Kier molecular flexibility index (Phi) is 12.5. The van der Waals surface area contributed by atoms with E-state index in [0.29, 0.717) is 0 Å². The third-order valence-corrected chi connectivity index (χ3v) is 1.79. The number of carbonyl (C=O) groups excluding carboxylic acids is 1. The highest BCUT2D eigenvalue weighted by Gasteiger charge is 1.94. The lowest BCUT2D eigenvalue weighted by Crippen LogP contribution is -1.82. The molecule has 0 aliphatic carbocycles. The molecule has 0 rings (SSSR count). The lowest BCUT2D eigenvalue weighted by Gasteiger charge is -2.01. The molecular formula is C16H22O. The molecule has 0 N–H and O–H groups in total. The van der Waals surface area contributed by atoms with E-state index < -0.39 is 0 Å². The van der Waals surface area contributed by atoms with Crippen LogP contribution in [-0.2, 0) is 4.79 Å². The van der Waals surface area contributed by atoms with Gasteiger partial charge in [-0.3, -0.25) is 0 Å². The van der Waals surface area contributed by atoms with Gasteiger partial charge >= 0.3 is 0 Å². The van der Waals surface area contributed by atoms with Gasteiger partial charge in [-0.25, -0.2) is 0 Å². The molecule has 0 heterocycles. The second kappa shape index (κ2) is 12.2. The summed E-state index contributed by atoms with van der Waals surface area (Å²) in [5, 5.41) is 0. The Balaban J connectivity index is 0. The minimum absolute atomic E-state index is 1.11. The van der Waals surface area contributed by atoms with E-state index in [2.05, 4.69) is 39.2 Å². The zero-order chi connectivity index (χ0) is 13.7. The first-order valence-electron chi connectivity index (χ1n) is 5.38. The van der Waals surface area contributed by atoms with Crippen LogP contribution in [0, 0.1) is 0 Å². The molecule has 0 aliphatic heterocycles. The van der Waals surface area contributed by atoms with Crippen LogP contribution in [0.1, 0.15) is 20.8 Å². The summed E-state index contributed by atoms with van der Waals surface area (Å²) in [5.74, 6) is 0. The molecule has 0 atom stereocenters. The molecule has 0 aliphatic rings. The van der Waals surface area contributed by atoms with Gasteiger partial charge in [-0.15, -0.1) is 0 Å². The van der Waals surface area contributed by atoms with Crippen LogP contribution in [0.25, 0.3) is 0 Å². The molecule has 0 saturated carbocycles. The highest BCUT2D eigenvalue weighted by atomic mass is 16.1. The van der Waals surface area contributed by atoms with Gasteiger partial charge < -0.3 is 4.79 Å². The van der Waals surface area contributed by atoms with E-state index in [9.17, 15) is 0 Å². The zero-order valence-electron chi connectivity index (χ0n) is 11.1. The average molecular weight is 230 g/mol. The van der Waals surface area contributed by atoms with Crippen LogP contribution in [0.15, 0.2) is 72.4 Å². The minimum Gasteiger partial charge on any atom is -0.307 e. The quantitative estimate of drug-likeness (QED) is 0.632. The molecule has 0 unspecified atom stereocenters. The van der Waals surface area contributed by atoms with E-state index in [1.165, 1.54) is 5.57 Å². The topological polar surface area (TPSA) is 17.1 Å². The maximum atomic E-state index is 8.00. The Hall–Kier alpha value is -1.89. The highest BCUT2D eigenvalue weighted by molar-refractivity contribution is 5.48. The normalized spacial score (nSPS) is 11.5. The molecule has 1 heteroatoms. The standard InChI is InChI=1S/C15H20.CH2O/c1-6-9-15(10-7-2)14(8-3)12-11-13(4)5;1-2/h6-12H,1,3H2,2,4-5H3;1H2/b10-7-,14-12+,15-9+;. The van der Waals surface area contributed by atoms with Gasteiger partial charge in [-0.2, -0.15) is 0 Å². The molecule has 17 heavy (non-hydrogen) atoms. The van der Waals surface area contributed by atoms with E-state index in [1.807, 2.05) is 38.0 Å². The van der Waals surface area contributed by atoms with Gasteiger partial charge in [0, 0.05) is 0 Å². The number of hydrogen-bond donors (Lipinski definition) is 0. The molecule has 0 amide bonds. The SMILES string of the molecule is C=C/C=C(\C=C/C)C(/C=C)=C/C=C(C)C.C=O. The lowest BCUT2D eigenvalue weighted by molar-refractivity contribution is -0.0979. The highest BCUT2D eigenvalue weighted by Crippen LogP contribution is 2.13. The summed E-state index contributed by atoms with van der Waals surface area (Å²) in [4.78, 5) is 8.00. The van der Waals surface area contributed by atoms with Crippen LogP contribution >= 0.6 is 0 Å². The lowest BCUT2D eigenvalue weighted by atomic mass is 10.0. The molecule has 0 aromatic carbocycles. The first-order chi connectivity index (χ1) is 8.15. The predicted molar refractivity (Wildman–Crippen MR) is 77.9 cm³/mol. The summed E-state index contributed by atoms with van der Waals surface area (Å²) >= 11 is 0. The monoisotopic (exact) mass is 230 g/mol. The molecular weight excluding hydrogens is 208 g/mol. The van der Waals surface area contributed by atoms with Crippen LogP contribution in [-0.4, -0.2) is 6.79 Å². The first kappa shape index (κ1) is 17.5. The van der Waals surface area contributed by atoms with E-state index in [1.54, 1.807) is 6.08 Å². The Bertz CT molecular complexity index is 348. The fraction of sp³-hybridized carbons (Fsp3) is 0.188. The van der Waals surface area contributed by atoms with Crippen molar-refractivity contribution >= 4 is 6.79 Å². The molecule has 0 fully saturated rings. The summed E-state index contributed by atoms with van der Waals surface area (Å²) in [6.07, 6.45) is 13.8. The fourth-order valence-electron chi connectivity index (χ4n) is 1.09. The van der Waals surface area contributed by atoms with Crippen LogP contribution in [0.2, 0.25) is 0 Å². The first-order valence-corrected chi connectivity index (χ1v) is 5.38. The van der Waals surface area contributed by atoms with E-state index in [4.69, 9.17) is 4.79 Å². The van der Waals surface area contributed by atoms with Crippen LogP contribution < -0.4 is 0 Å².